The van der Waals surface area contributed by atoms with E-state index in [9.17, 15) is 17.6 Å². The van der Waals surface area contributed by atoms with E-state index in [0.29, 0.717) is 17.8 Å². The van der Waals surface area contributed by atoms with Crippen molar-refractivity contribution in [2.45, 2.75) is 37.8 Å². The summed E-state index contributed by atoms with van der Waals surface area (Å²) < 4.78 is 55.7. The molecule has 0 amide bonds. The van der Waals surface area contributed by atoms with Gasteiger partial charge < -0.3 is 4.98 Å². The molecule has 8 heteroatoms. The Morgan fingerprint density at radius 1 is 1.18 bits per heavy atom. The second kappa shape index (κ2) is 7.07. The van der Waals surface area contributed by atoms with Crippen LogP contribution >= 0.6 is 0 Å². The molecule has 1 atom stereocenters. The van der Waals surface area contributed by atoms with E-state index in [4.69, 9.17) is 0 Å². The van der Waals surface area contributed by atoms with Crippen LogP contribution in [0, 0.1) is 5.41 Å². The second-order valence-electron chi connectivity index (χ2n) is 7.51. The van der Waals surface area contributed by atoms with Crippen LogP contribution in [0.1, 0.15) is 35.8 Å². The van der Waals surface area contributed by atoms with Crippen LogP contribution in [0.2, 0.25) is 0 Å². The van der Waals surface area contributed by atoms with Gasteiger partial charge in [0.05, 0.1) is 18.3 Å². The minimum absolute atomic E-state index is 0.170. The van der Waals surface area contributed by atoms with E-state index >= 15 is 0 Å². The van der Waals surface area contributed by atoms with Crippen LogP contribution in [0.15, 0.2) is 48.9 Å². The molecule has 1 aliphatic carbocycles. The smallest absolute Gasteiger partial charge is 0.346 e. The quantitative estimate of drug-likeness (QED) is 0.589. The van der Waals surface area contributed by atoms with Crippen LogP contribution in [-0.4, -0.2) is 32.6 Å². The minimum Gasteiger partial charge on any atom is -0.346 e. The standard InChI is InChI=1S/C20H20F4N4/c21-13-19(6-7-19)11-15-12-25-18(27-15)10-17(20(22,23)24)14-2-4-16(5-3-14)28-9-1-8-26-28/h1-5,8-9,12,17H,6-7,10-11,13H2,(H,25,27). The van der Waals surface area contributed by atoms with Crippen molar-refractivity contribution in [1.29, 1.82) is 0 Å². The Balaban J connectivity index is 1.52. The number of aromatic nitrogens is 4. The van der Waals surface area contributed by atoms with Crippen LogP contribution in [0.5, 0.6) is 0 Å². The minimum atomic E-state index is -4.41. The predicted molar refractivity (Wildman–Crippen MR) is 96.0 cm³/mol. The van der Waals surface area contributed by atoms with Gasteiger partial charge in [-0.25, -0.2) is 9.67 Å². The number of hydrogen-bond donors (Lipinski definition) is 1. The normalized spacial score (nSPS) is 16.9. The molecule has 1 aromatic carbocycles. The Kier molecular flexibility index (Phi) is 4.72. The summed E-state index contributed by atoms with van der Waals surface area (Å²) in [6, 6.07) is 7.93. The lowest BCUT2D eigenvalue weighted by molar-refractivity contribution is -0.150. The molecular weight excluding hydrogens is 372 g/mol. The van der Waals surface area contributed by atoms with E-state index < -0.39 is 18.8 Å². The first-order chi connectivity index (χ1) is 13.4. The summed E-state index contributed by atoms with van der Waals surface area (Å²) in [5, 5.41) is 4.07. The Morgan fingerprint density at radius 2 is 1.93 bits per heavy atom. The van der Waals surface area contributed by atoms with E-state index in [0.717, 1.165) is 12.8 Å². The first-order valence-corrected chi connectivity index (χ1v) is 9.14. The molecule has 4 rings (SSSR count). The average molecular weight is 392 g/mol. The number of H-pyrrole nitrogens is 1. The van der Waals surface area contributed by atoms with Gasteiger partial charge in [0.15, 0.2) is 0 Å². The van der Waals surface area contributed by atoms with Crippen molar-refractivity contribution in [1.82, 2.24) is 19.7 Å². The number of aromatic amines is 1. The largest absolute Gasteiger partial charge is 0.396 e. The lowest BCUT2D eigenvalue weighted by atomic mass is 9.94. The van der Waals surface area contributed by atoms with Crippen molar-refractivity contribution < 1.29 is 17.6 Å². The highest BCUT2D eigenvalue weighted by atomic mass is 19.4. The molecule has 4 nitrogen and oxygen atoms in total. The fourth-order valence-electron chi connectivity index (χ4n) is 3.43. The summed E-state index contributed by atoms with van der Waals surface area (Å²) in [4.78, 5) is 7.07. The maximum atomic E-state index is 13.7. The van der Waals surface area contributed by atoms with Crippen LogP contribution in [0.4, 0.5) is 17.6 Å². The Labute approximate surface area is 159 Å². The van der Waals surface area contributed by atoms with Gasteiger partial charge >= 0.3 is 6.18 Å². The Bertz CT molecular complexity index is 909. The Hall–Kier alpha value is -2.64. The highest BCUT2D eigenvalue weighted by molar-refractivity contribution is 5.36. The number of imidazole rings is 1. The highest BCUT2D eigenvalue weighted by Crippen LogP contribution is 2.48. The fraction of sp³-hybridized carbons (Fsp3) is 0.400. The van der Waals surface area contributed by atoms with Gasteiger partial charge in [0.25, 0.3) is 0 Å². The summed E-state index contributed by atoms with van der Waals surface area (Å²) in [5.41, 5.74) is 1.22. The van der Waals surface area contributed by atoms with E-state index in [2.05, 4.69) is 15.1 Å². The zero-order valence-electron chi connectivity index (χ0n) is 15.1. The number of hydrogen-bond acceptors (Lipinski definition) is 2. The number of nitrogens with zero attached hydrogens (tertiary/aromatic N) is 3. The van der Waals surface area contributed by atoms with E-state index in [1.807, 2.05) is 0 Å². The van der Waals surface area contributed by atoms with Gasteiger partial charge in [0.2, 0.25) is 0 Å². The number of alkyl halides is 4. The Morgan fingerprint density at radius 3 is 2.50 bits per heavy atom. The van der Waals surface area contributed by atoms with E-state index in [-0.39, 0.29) is 23.2 Å². The molecular formula is C20H20F4N4. The molecule has 0 saturated heterocycles. The molecule has 0 aliphatic heterocycles. The van der Waals surface area contributed by atoms with Crippen LogP contribution < -0.4 is 0 Å². The summed E-state index contributed by atoms with van der Waals surface area (Å²) >= 11 is 0. The molecule has 3 aromatic rings. The highest BCUT2D eigenvalue weighted by Gasteiger charge is 2.44. The maximum Gasteiger partial charge on any atom is 0.396 e. The summed E-state index contributed by atoms with van der Waals surface area (Å²) in [5.74, 6) is -1.41. The third-order valence-corrected chi connectivity index (χ3v) is 5.34. The molecule has 1 N–H and O–H groups in total. The SMILES string of the molecule is FCC1(Cc2cnc(CC(c3ccc(-n4cccn4)cc3)C(F)(F)F)[nH]2)CC1. The van der Waals surface area contributed by atoms with Gasteiger partial charge in [-0.1, -0.05) is 12.1 Å². The number of halogens is 4. The van der Waals surface area contributed by atoms with Gasteiger partial charge in [-0.3, -0.25) is 4.39 Å². The molecule has 1 fully saturated rings. The van der Waals surface area contributed by atoms with Crippen molar-refractivity contribution in [2.75, 3.05) is 6.67 Å². The second-order valence-corrected chi connectivity index (χ2v) is 7.51. The summed E-state index contributed by atoms with van der Waals surface area (Å²) in [6.07, 6.45) is 2.28. The third kappa shape index (κ3) is 3.95. The van der Waals surface area contributed by atoms with Crippen LogP contribution in [0.25, 0.3) is 5.69 Å². The molecule has 2 heterocycles. The van der Waals surface area contributed by atoms with Gasteiger partial charge in [0.1, 0.15) is 5.82 Å². The van der Waals surface area contributed by atoms with Crippen molar-refractivity contribution >= 4 is 0 Å². The summed E-state index contributed by atoms with van der Waals surface area (Å²) in [6.45, 7) is -0.408. The monoisotopic (exact) mass is 392 g/mol. The zero-order chi connectivity index (χ0) is 19.8. The lowest BCUT2D eigenvalue weighted by Gasteiger charge is -2.20. The van der Waals surface area contributed by atoms with E-state index in [1.54, 1.807) is 35.3 Å². The van der Waals surface area contributed by atoms with Gasteiger partial charge in [-0.2, -0.15) is 18.3 Å². The van der Waals surface area contributed by atoms with Crippen molar-refractivity contribution in [2.24, 2.45) is 5.41 Å². The molecule has 1 aliphatic rings. The average Bonchev–Trinajstić information content (AvgIpc) is 3.06. The topological polar surface area (TPSA) is 46.5 Å². The molecule has 1 unspecified atom stereocenters. The molecule has 2 aromatic heterocycles. The third-order valence-electron chi connectivity index (χ3n) is 5.34. The number of rotatable bonds is 7. The fourth-order valence-corrected chi connectivity index (χ4v) is 3.43. The van der Waals surface area contributed by atoms with Crippen LogP contribution in [0.3, 0.4) is 0 Å². The first kappa shape index (κ1) is 18.7. The molecule has 28 heavy (non-hydrogen) atoms. The van der Waals surface area contributed by atoms with Crippen LogP contribution in [-0.2, 0) is 12.8 Å². The van der Waals surface area contributed by atoms with Crippen molar-refractivity contribution in [3.63, 3.8) is 0 Å². The molecule has 148 valence electrons. The zero-order valence-corrected chi connectivity index (χ0v) is 15.1. The molecule has 0 spiro atoms. The molecule has 0 radical (unpaired) electrons. The van der Waals surface area contributed by atoms with Gasteiger partial charge in [0, 0.05) is 36.1 Å². The van der Waals surface area contributed by atoms with E-state index in [1.165, 1.54) is 18.3 Å². The molecule has 1 saturated carbocycles. The summed E-state index contributed by atoms with van der Waals surface area (Å²) in [7, 11) is 0. The van der Waals surface area contributed by atoms with Crippen molar-refractivity contribution in [3.05, 3.63) is 66.0 Å². The lowest BCUT2D eigenvalue weighted by Crippen LogP contribution is -2.23. The number of nitrogens with one attached hydrogen (secondary N) is 1. The number of benzene rings is 1. The van der Waals surface area contributed by atoms with Crippen molar-refractivity contribution in [3.8, 4) is 5.69 Å². The predicted octanol–water partition coefficient (Wildman–Crippen LogP) is 4.78. The van der Waals surface area contributed by atoms with Gasteiger partial charge in [-0.15, -0.1) is 0 Å². The maximum absolute atomic E-state index is 13.7. The molecule has 0 bridgehead atoms. The van der Waals surface area contributed by atoms with Gasteiger partial charge in [-0.05, 0) is 43.0 Å². The first-order valence-electron chi connectivity index (χ1n) is 9.14.